The third-order valence-corrected chi connectivity index (χ3v) is 2.41. The molecule has 8 heteroatoms. The summed E-state index contributed by atoms with van der Waals surface area (Å²) in [5, 5.41) is 19.7. The fraction of sp³-hybridized carbons (Fsp3) is 0. The SMILES string of the molecule is N#Cc1nccn1-c1ncc(Br)cc1[N+](=O)[O-]. The van der Waals surface area contributed by atoms with Crippen LogP contribution in [0.2, 0.25) is 0 Å². The maximum absolute atomic E-state index is 10.9. The minimum atomic E-state index is -0.561. The molecule has 2 heterocycles. The van der Waals surface area contributed by atoms with Gasteiger partial charge in [0.2, 0.25) is 11.6 Å². The van der Waals surface area contributed by atoms with Crippen LogP contribution >= 0.6 is 15.9 Å². The predicted molar refractivity (Wildman–Crippen MR) is 60.4 cm³/mol. The number of hydrogen-bond acceptors (Lipinski definition) is 5. The van der Waals surface area contributed by atoms with Crippen molar-refractivity contribution in [2.75, 3.05) is 0 Å². The average molecular weight is 294 g/mol. The molecular formula is C9H4BrN5O2. The summed E-state index contributed by atoms with van der Waals surface area (Å²) in [6.45, 7) is 0. The molecule has 0 fully saturated rings. The first-order chi connectivity index (χ1) is 8.13. The van der Waals surface area contributed by atoms with Crippen molar-refractivity contribution in [1.82, 2.24) is 14.5 Å². The van der Waals surface area contributed by atoms with E-state index >= 15 is 0 Å². The highest BCUT2D eigenvalue weighted by molar-refractivity contribution is 9.10. The van der Waals surface area contributed by atoms with E-state index < -0.39 is 4.92 Å². The first kappa shape index (κ1) is 11.2. The second-order valence-electron chi connectivity index (χ2n) is 2.99. The Hall–Kier alpha value is -2.27. The Morgan fingerprint density at radius 2 is 2.29 bits per heavy atom. The number of aromatic nitrogens is 3. The van der Waals surface area contributed by atoms with Crippen molar-refractivity contribution >= 4 is 21.6 Å². The highest BCUT2D eigenvalue weighted by Gasteiger charge is 2.19. The van der Waals surface area contributed by atoms with E-state index in [2.05, 4.69) is 25.9 Å². The number of halogens is 1. The zero-order chi connectivity index (χ0) is 12.4. The predicted octanol–water partition coefficient (Wildman–Crippen LogP) is 1.81. The van der Waals surface area contributed by atoms with Gasteiger partial charge in [-0.15, -0.1) is 0 Å². The Kier molecular flexibility index (Phi) is 2.84. The van der Waals surface area contributed by atoms with Crippen molar-refractivity contribution in [3.8, 4) is 11.9 Å². The van der Waals surface area contributed by atoms with Crippen LogP contribution in [0.15, 0.2) is 29.1 Å². The summed E-state index contributed by atoms with van der Waals surface area (Å²) < 4.78 is 1.76. The van der Waals surface area contributed by atoms with Crippen LogP contribution in [0.5, 0.6) is 0 Å². The van der Waals surface area contributed by atoms with Gasteiger partial charge in [-0.05, 0) is 15.9 Å². The van der Waals surface area contributed by atoms with Gasteiger partial charge in [-0.2, -0.15) is 5.26 Å². The molecule has 84 valence electrons. The third-order valence-electron chi connectivity index (χ3n) is 1.98. The number of pyridine rings is 1. The second kappa shape index (κ2) is 4.31. The number of rotatable bonds is 2. The highest BCUT2D eigenvalue weighted by Crippen LogP contribution is 2.24. The summed E-state index contributed by atoms with van der Waals surface area (Å²) in [5.41, 5.74) is -0.200. The molecule has 0 N–H and O–H groups in total. The van der Waals surface area contributed by atoms with E-state index in [1.165, 1.54) is 29.2 Å². The van der Waals surface area contributed by atoms with Crippen molar-refractivity contribution < 1.29 is 4.92 Å². The number of nitriles is 1. The van der Waals surface area contributed by atoms with E-state index in [1.54, 1.807) is 0 Å². The smallest absolute Gasteiger partial charge is 0.270 e. The van der Waals surface area contributed by atoms with Crippen LogP contribution in [-0.4, -0.2) is 19.5 Å². The monoisotopic (exact) mass is 293 g/mol. The summed E-state index contributed by atoms with van der Waals surface area (Å²) in [4.78, 5) is 18.0. The lowest BCUT2D eigenvalue weighted by Gasteiger charge is -2.03. The summed E-state index contributed by atoms with van der Waals surface area (Å²) in [6, 6.07) is 3.16. The molecular weight excluding hydrogens is 290 g/mol. The van der Waals surface area contributed by atoms with Crippen LogP contribution in [-0.2, 0) is 0 Å². The van der Waals surface area contributed by atoms with E-state index in [0.717, 1.165) is 0 Å². The molecule has 2 rings (SSSR count). The van der Waals surface area contributed by atoms with Crippen LogP contribution in [0.4, 0.5) is 5.69 Å². The van der Waals surface area contributed by atoms with Gasteiger partial charge in [0.05, 0.1) is 4.92 Å². The van der Waals surface area contributed by atoms with E-state index in [9.17, 15) is 10.1 Å². The van der Waals surface area contributed by atoms with Crippen molar-refractivity contribution in [3.63, 3.8) is 0 Å². The molecule has 17 heavy (non-hydrogen) atoms. The molecule has 0 aliphatic heterocycles. The minimum absolute atomic E-state index is 0.0444. The standard InChI is InChI=1S/C9H4BrN5O2/c10-6-3-7(15(16)17)9(13-5-6)14-2-1-12-8(14)4-11/h1-3,5H. The lowest BCUT2D eigenvalue weighted by Crippen LogP contribution is -2.04. The molecule has 0 aliphatic carbocycles. The molecule has 0 radical (unpaired) electrons. The molecule has 0 bridgehead atoms. The first-order valence-corrected chi connectivity index (χ1v) is 5.16. The number of hydrogen-bond donors (Lipinski definition) is 0. The quantitative estimate of drug-likeness (QED) is 0.621. The molecule has 0 saturated carbocycles. The van der Waals surface area contributed by atoms with Crippen LogP contribution in [0.25, 0.3) is 5.82 Å². The van der Waals surface area contributed by atoms with Crippen molar-refractivity contribution in [3.05, 3.63) is 45.1 Å². The van der Waals surface area contributed by atoms with Gasteiger partial charge in [0.15, 0.2) is 0 Å². The van der Waals surface area contributed by atoms with Crippen molar-refractivity contribution in [1.29, 1.82) is 5.26 Å². The van der Waals surface area contributed by atoms with Crippen molar-refractivity contribution in [2.45, 2.75) is 0 Å². The van der Waals surface area contributed by atoms with Gasteiger partial charge in [0.25, 0.3) is 0 Å². The maximum Gasteiger partial charge on any atom is 0.313 e. The normalized spacial score (nSPS) is 9.88. The van der Waals surface area contributed by atoms with Gasteiger partial charge in [-0.1, -0.05) is 0 Å². The van der Waals surface area contributed by atoms with Gasteiger partial charge in [0.1, 0.15) is 6.07 Å². The Morgan fingerprint density at radius 1 is 1.53 bits per heavy atom. The molecule has 0 atom stereocenters. The Morgan fingerprint density at radius 3 is 2.94 bits per heavy atom. The van der Waals surface area contributed by atoms with Gasteiger partial charge in [-0.25, -0.2) is 9.97 Å². The Bertz CT molecular complexity index is 631. The average Bonchev–Trinajstić information content (AvgIpc) is 2.76. The summed E-state index contributed by atoms with van der Waals surface area (Å²) >= 11 is 3.11. The highest BCUT2D eigenvalue weighted by atomic mass is 79.9. The largest absolute Gasteiger partial charge is 0.313 e. The van der Waals surface area contributed by atoms with Gasteiger partial charge >= 0.3 is 5.69 Å². The van der Waals surface area contributed by atoms with E-state index in [4.69, 9.17) is 5.26 Å². The molecule has 0 aromatic carbocycles. The Balaban J connectivity index is 2.68. The van der Waals surface area contributed by atoms with Crippen molar-refractivity contribution in [2.24, 2.45) is 0 Å². The molecule has 0 saturated heterocycles. The zero-order valence-electron chi connectivity index (χ0n) is 8.24. The molecule has 2 aromatic rings. The van der Waals surface area contributed by atoms with Crippen LogP contribution < -0.4 is 0 Å². The van der Waals surface area contributed by atoms with E-state index in [0.29, 0.717) is 4.47 Å². The van der Waals surface area contributed by atoms with Crippen LogP contribution in [0.3, 0.4) is 0 Å². The van der Waals surface area contributed by atoms with Gasteiger partial charge in [-0.3, -0.25) is 14.7 Å². The number of nitrogens with zero attached hydrogens (tertiary/aromatic N) is 5. The minimum Gasteiger partial charge on any atom is -0.270 e. The molecule has 0 unspecified atom stereocenters. The molecule has 0 spiro atoms. The lowest BCUT2D eigenvalue weighted by atomic mass is 10.4. The van der Waals surface area contributed by atoms with Crippen LogP contribution in [0, 0.1) is 21.4 Å². The topological polar surface area (TPSA) is 97.6 Å². The Labute approximate surface area is 104 Å². The first-order valence-electron chi connectivity index (χ1n) is 4.37. The maximum atomic E-state index is 10.9. The lowest BCUT2D eigenvalue weighted by molar-refractivity contribution is -0.384. The number of nitro groups is 1. The summed E-state index contributed by atoms with van der Waals surface area (Å²) in [7, 11) is 0. The molecule has 2 aromatic heterocycles. The third kappa shape index (κ3) is 2.00. The molecule has 7 nitrogen and oxygen atoms in total. The fourth-order valence-electron chi connectivity index (χ4n) is 1.30. The van der Waals surface area contributed by atoms with Crippen LogP contribution in [0.1, 0.15) is 5.82 Å². The van der Waals surface area contributed by atoms with Gasteiger partial charge in [0, 0.05) is 29.1 Å². The second-order valence-corrected chi connectivity index (χ2v) is 3.90. The van der Waals surface area contributed by atoms with Gasteiger partial charge < -0.3 is 0 Å². The van der Waals surface area contributed by atoms with E-state index in [-0.39, 0.29) is 17.3 Å². The molecule has 0 amide bonds. The fourth-order valence-corrected chi connectivity index (χ4v) is 1.62. The summed E-state index contributed by atoms with van der Waals surface area (Å²) in [6.07, 6.45) is 4.25. The number of imidazole rings is 1. The van der Waals surface area contributed by atoms with E-state index in [1.807, 2.05) is 6.07 Å². The summed E-state index contributed by atoms with van der Waals surface area (Å²) in [5.74, 6) is 0.107. The molecule has 0 aliphatic rings. The zero-order valence-corrected chi connectivity index (χ0v) is 9.83.